The van der Waals surface area contributed by atoms with E-state index in [9.17, 15) is 0 Å². The molecular formula is C15H22N2S. The number of hydrogen-bond donors (Lipinski definition) is 1. The summed E-state index contributed by atoms with van der Waals surface area (Å²) in [5.41, 5.74) is 0. The standard InChI is InChI=1S/C15H22N2S/c1-4-17(3)10-9-16-12(2)15-11-13-7-5-6-8-14(13)18-15/h5-8,11-12,16H,4,9-10H2,1-3H3. The monoisotopic (exact) mass is 262 g/mol. The number of benzene rings is 1. The van der Waals surface area contributed by atoms with Gasteiger partial charge in [-0.2, -0.15) is 0 Å². The second kappa shape index (κ2) is 6.32. The third kappa shape index (κ3) is 3.31. The number of fused-ring (bicyclic) bond motifs is 1. The Balaban J connectivity index is 1.94. The van der Waals surface area contributed by atoms with Gasteiger partial charge in [0.1, 0.15) is 0 Å². The van der Waals surface area contributed by atoms with Crippen LogP contribution < -0.4 is 5.32 Å². The van der Waals surface area contributed by atoms with E-state index in [-0.39, 0.29) is 0 Å². The van der Waals surface area contributed by atoms with Crippen LogP contribution in [0.15, 0.2) is 30.3 Å². The molecule has 1 atom stereocenters. The highest BCUT2D eigenvalue weighted by molar-refractivity contribution is 7.19. The highest BCUT2D eigenvalue weighted by Crippen LogP contribution is 2.29. The summed E-state index contributed by atoms with van der Waals surface area (Å²) in [6, 6.07) is 11.3. The van der Waals surface area contributed by atoms with Crippen molar-refractivity contribution in [1.82, 2.24) is 10.2 Å². The zero-order valence-corrected chi connectivity index (χ0v) is 12.3. The van der Waals surface area contributed by atoms with E-state index < -0.39 is 0 Å². The maximum atomic E-state index is 3.59. The van der Waals surface area contributed by atoms with Crippen molar-refractivity contribution in [2.45, 2.75) is 19.9 Å². The van der Waals surface area contributed by atoms with E-state index in [1.54, 1.807) is 0 Å². The van der Waals surface area contributed by atoms with Crippen molar-refractivity contribution in [2.75, 3.05) is 26.7 Å². The zero-order chi connectivity index (χ0) is 13.0. The third-order valence-corrected chi connectivity index (χ3v) is 4.65. The van der Waals surface area contributed by atoms with Crippen LogP contribution >= 0.6 is 11.3 Å². The van der Waals surface area contributed by atoms with Gasteiger partial charge >= 0.3 is 0 Å². The molecule has 0 aliphatic heterocycles. The zero-order valence-electron chi connectivity index (χ0n) is 11.4. The molecule has 1 N–H and O–H groups in total. The van der Waals surface area contributed by atoms with Crippen LogP contribution in [0.4, 0.5) is 0 Å². The Labute approximate surface area is 114 Å². The highest BCUT2D eigenvalue weighted by Gasteiger charge is 2.08. The van der Waals surface area contributed by atoms with Gasteiger partial charge in [-0.3, -0.25) is 0 Å². The van der Waals surface area contributed by atoms with Gasteiger partial charge in [0.25, 0.3) is 0 Å². The lowest BCUT2D eigenvalue weighted by molar-refractivity contribution is 0.343. The Morgan fingerprint density at radius 3 is 2.83 bits per heavy atom. The lowest BCUT2D eigenvalue weighted by Crippen LogP contribution is -2.30. The molecule has 0 aliphatic carbocycles. The number of hydrogen-bond acceptors (Lipinski definition) is 3. The summed E-state index contributed by atoms with van der Waals surface area (Å²) in [6.45, 7) is 7.69. The van der Waals surface area contributed by atoms with E-state index in [0.717, 1.165) is 19.6 Å². The van der Waals surface area contributed by atoms with Crippen molar-refractivity contribution in [1.29, 1.82) is 0 Å². The van der Waals surface area contributed by atoms with E-state index in [2.05, 4.69) is 61.4 Å². The Bertz CT molecular complexity index is 459. The van der Waals surface area contributed by atoms with Crippen molar-refractivity contribution in [3.63, 3.8) is 0 Å². The predicted molar refractivity (Wildman–Crippen MR) is 81.4 cm³/mol. The number of thiophene rings is 1. The first-order chi connectivity index (χ1) is 8.70. The van der Waals surface area contributed by atoms with Gasteiger partial charge in [-0.05, 0) is 38.0 Å². The molecule has 0 bridgehead atoms. The summed E-state index contributed by atoms with van der Waals surface area (Å²) in [5, 5.41) is 4.95. The van der Waals surface area contributed by atoms with Gasteiger partial charge in [0.2, 0.25) is 0 Å². The van der Waals surface area contributed by atoms with Gasteiger partial charge in [-0.15, -0.1) is 11.3 Å². The van der Waals surface area contributed by atoms with Crippen LogP contribution in [0.5, 0.6) is 0 Å². The molecule has 3 heteroatoms. The third-order valence-electron chi connectivity index (χ3n) is 3.36. The van der Waals surface area contributed by atoms with Crippen molar-refractivity contribution < 1.29 is 0 Å². The van der Waals surface area contributed by atoms with Gasteiger partial charge in [-0.1, -0.05) is 25.1 Å². The predicted octanol–water partition coefficient (Wildman–Crippen LogP) is 3.50. The molecule has 0 saturated carbocycles. The Morgan fingerprint density at radius 1 is 1.33 bits per heavy atom. The molecule has 0 fully saturated rings. The van der Waals surface area contributed by atoms with Gasteiger partial charge < -0.3 is 10.2 Å². The van der Waals surface area contributed by atoms with E-state index >= 15 is 0 Å². The van der Waals surface area contributed by atoms with Gasteiger partial charge in [0, 0.05) is 28.7 Å². The molecule has 0 spiro atoms. The normalized spacial score (nSPS) is 13.3. The molecule has 18 heavy (non-hydrogen) atoms. The van der Waals surface area contributed by atoms with Gasteiger partial charge in [0.05, 0.1) is 0 Å². The first-order valence-corrected chi connectivity index (χ1v) is 7.42. The second-order valence-electron chi connectivity index (χ2n) is 4.76. The minimum atomic E-state index is 0.438. The lowest BCUT2D eigenvalue weighted by Gasteiger charge is -2.17. The number of rotatable bonds is 6. The number of nitrogens with one attached hydrogen (secondary N) is 1. The number of nitrogens with zero attached hydrogens (tertiary/aromatic N) is 1. The molecule has 2 aromatic rings. The summed E-state index contributed by atoms with van der Waals surface area (Å²) < 4.78 is 1.38. The van der Waals surface area contributed by atoms with E-state index in [4.69, 9.17) is 0 Å². The molecule has 0 amide bonds. The first-order valence-electron chi connectivity index (χ1n) is 6.61. The Morgan fingerprint density at radius 2 is 2.11 bits per heavy atom. The van der Waals surface area contributed by atoms with Crippen molar-refractivity contribution in [3.05, 3.63) is 35.2 Å². The molecule has 1 aromatic heterocycles. The minimum Gasteiger partial charge on any atom is -0.308 e. The van der Waals surface area contributed by atoms with Crippen molar-refractivity contribution >= 4 is 21.4 Å². The topological polar surface area (TPSA) is 15.3 Å². The van der Waals surface area contributed by atoms with Gasteiger partial charge in [-0.25, -0.2) is 0 Å². The van der Waals surface area contributed by atoms with Crippen LogP contribution in [-0.4, -0.2) is 31.6 Å². The maximum Gasteiger partial charge on any atom is 0.0386 e. The second-order valence-corrected chi connectivity index (χ2v) is 5.87. The van der Waals surface area contributed by atoms with E-state index in [1.807, 2.05) is 11.3 Å². The summed E-state index contributed by atoms with van der Waals surface area (Å²) in [4.78, 5) is 3.75. The Hall–Kier alpha value is -0.900. The summed E-state index contributed by atoms with van der Waals surface area (Å²) in [6.07, 6.45) is 0. The SMILES string of the molecule is CCN(C)CCNC(C)c1cc2ccccc2s1. The summed E-state index contributed by atoms with van der Waals surface area (Å²) >= 11 is 1.89. The molecule has 0 aliphatic rings. The average Bonchev–Trinajstić information content (AvgIpc) is 2.82. The summed E-state index contributed by atoms with van der Waals surface area (Å²) in [5.74, 6) is 0. The molecule has 1 aromatic carbocycles. The molecular weight excluding hydrogens is 240 g/mol. The molecule has 0 radical (unpaired) electrons. The maximum absolute atomic E-state index is 3.59. The highest BCUT2D eigenvalue weighted by atomic mass is 32.1. The lowest BCUT2D eigenvalue weighted by atomic mass is 10.2. The van der Waals surface area contributed by atoms with Crippen molar-refractivity contribution in [3.8, 4) is 0 Å². The summed E-state index contributed by atoms with van der Waals surface area (Å²) in [7, 11) is 2.16. The largest absolute Gasteiger partial charge is 0.308 e. The van der Waals surface area contributed by atoms with Crippen LogP contribution in [0.25, 0.3) is 10.1 Å². The van der Waals surface area contributed by atoms with Crippen LogP contribution in [0.2, 0.25) is 0 Å². The average molecular weight is 262 g/mol. The van der Waals surface area contributed by atoms with Gasteiger partial charge in [0.15, 0.2) is 0 Å². The molecule has 0 saturated heterocycles. The quantitative estimate of drug-likeness (QED) is 0.857. The fourth-order valence-electron chi connectivity index (χ4n) is 1.95. The van der Waals surface area contributed by atoms with Crippen LogP contribution in [-0.2, 0) is 0 Å². The fraction of sp³-hybridized carbons (Fsp3) is 0.467. The van der Waals surface area contributed by atoms with Crippen LogP contribution in [0, 0.1) is 0 Å². The van der Waals surface area contributed by atoms with E-state index in [1.165, 1.54) is 15.0 Å². The van der Waals surface area contributed by atoms with Crippen LogP contribution in [0.1, 0.15) is 24.8 Å². The minimum absolute atomic E-state index is 0.438. The fourth-order valence-corrected chi connectivity index (χ4v) is 3.04. The molecule has 2 nitrogen and oxygen atoms in total. The molecule has 1 heterocycles. The van der Waals surface area contributed by atoms with Crippen LogP contribution in [0.3, 0.4) is 0 Å². The van der Waals surface area contributed by atoms with E-state index in [0.29, 0.717) is 6.04 Å². The molecule has 98 valence electrons. The molecule has 2 rings (SSSR count). The molecule has 1 unspecified atom stereocenters. The first kappa shape index (κ1) is 13.5. The Kier molecular flexibility index (Phi) is 4.75. The number of likely N-dealkylation sites (N-methyl/N-ethyl adjacent to an activating group) is 1. The van der Waals surface area contributed by atoms with Crippen molar-refractivity contribution in [2.24, 2.45) is 0 Å². The smallest absolute Gasteiger partial charge is 0.0386 e.